The highest BCUT2D eigenvalue weighted by atomic mass is 32.2. The van der Waals surface area contributed by atoms with Gasteiger partial charge in [0.1, 0.15) is 24.0 Å². The smallest absolute Gasteiger partial charge is 0.335 e. The molecule has 0 saturated heterocycles. The van der Waals surface area contributed by atoms with Gasteiger partial charge in [-0.2, -0.15) is 4.31 Å². The van der Waals surface area contributed by atoms with Gasteiger partial charge in [-0.25, -0.2) is 22.0 Å². The molecule has 0 fully saturated rings. The average molecular weight is 552 g/mol. The number of aryl methyl sites for hydroxylation is 1. The molecule has 0 amide bonds. The average Bonchev–Trinajstić information content (AvgIpc) is 2.92. The maximum atomic E-state index is 13.6. The molecular weight excluding hydrogens is 524 g/mol. The number of benzene rings is 4. The summed E-state index contributed by atoms with van der Waals surface area (Å²) < 4.78 is 60.8. The van der Waals surface area contributed by atoms with Crippen LogP contribution in [0.3, 0.4) is 0 Å². The van der Waals surface area contributed by atoms with Crippen LogP contribution in [0, 0.1) is 18.6 Å². The van der Waals surface area contributed by atoms with E-state index in [1.807, 2.05) is 12.1 Å². The molecule has 0 heterocycles. The van der Waals surface area contributed by atoms with E-state index >= 15 is 0 Å². The molecule has 202 valence electrons. The predicted molar refractivity (Wildman–Crippen MR) is 143 cm³/mol. The number of hydrogen-bond donors (Lipinski definition) is 1. The highest BCUT2D eigenvalue weighted by Gasteiger charge is 2.26. The summed E-state index contributed by atoms with van der Waals surface area (Å²) in [5.41, 5.74) is 2.64. The number of sulfonamides is 1. The van der Waals surface area contributed by atoms with Crippen molar-refractivity contribution in [1.82, 2.24) is 4.31 Å². The molecule has 1 N–H and O–H groups in total. The standard InChI is InChI=1S/C30H27F2NO5S/c1-21-2-15-28(18-29(21)30(34)35)39(36,37)33(19-23-3-9-25(31)10-4-23)17-16-22-7-13-27(14-8-22)38-20-24-5-11-26(32)12-6-24/h2-15,18H,16-17,19-20H2,1H3,(H,34,35). The lowest BCUT2D eigenvalue weighted by Gasteiger charge is -2.23. The highest BCUT2D eigenvalue weighted by Crippen LogP contribution is 2.23. The molecule has 0 atom stereocenters. The second-order valence-electron chi connectivity index (χ2n) is 9.06. The van der Waals surface area contributed by atoms with E-state index in [4.69, 9.17) is 4.74 Å². The van der Waals surface area contributed by atoms with Crippen LogP contribution < -0.4 is 4.74 Å². The van der Waals surface area contributed by atoms with Gasteiger partial charge in [0.25, 0.3) is 0 Å². The van der Waals surface area contributed by atoms with E-state index in [1.54, 1.807) is 31.2 Å². The summed E-state index contributed by atoms with van der Waals surface area (Å²) >= 11 is 0. The van der Waals surface area contributed by atoms with E-state index in [-0.39, 0.29) is 36.0 Å². The Bertz CT molecular complexity index is 1540. The SMILES string of the molecule is Cc1ccc(S(=O)(=O)N(CCc2ccc(OCc3ccc(F)cc3)cc2)Cc2ccc(F)cc2)cc1C(=O)O. The Labute approximate surface area is 226 Å². The molecule has 0 unspecified atom stereocenters. The molecule has 0 spiro atoms. The number of carboxylic acids is 1. The van der Waals surface area contributed by atoms with Gasteiger partial charge in [0, 0.05) is 13.1 Å². The number of aromatic carboxylic acids is 1. The Balaban J connectivity index is 1.51. The van der Waals surface area contributed by atoms with Crippen molar-refractivity contribution in [2.75, 3.05) is 6.54 Å². The summed E-state index contributed by atoms with van der Waals surface area (Å²) in [4.78, 5) is 11.5. The van der Waals surface area contributed by atoms with Gasteiger partial charge in [0.15, 0.2) is 0 Å². The van der Waals surface area contributed by atoms with Gasteiger partial charge in [0.2, 0.25) is 10.0 Å². The monoisotopic (exact) mass is 551 g/mol. The number of ether oxygens (including phenoxy) is 1. The van der Waals surface area contributed by atoms with Gasteiger partial charge in [0.05, 0.1) is 10.5 Å². The number of rotatable bonds is 11. The zero-order valence-corrected chi connectivity index (χ0v) is 22.0. The lowest BCUT2D eigenvalue weighted by atomic mass is 10.1. The van der Waals surface area contributed by atoms with Gasteiger partial charge >= 0.3 is 5.97 Å². The van der Waals surface area contributed by atoms with Crippen molar-refractivity contribution in [1.29, 1.82) is 0 Å². The number of halogens is 2. The first-order chi connectivity index (χ1) is 18.6. The summed E-state index contributed by atoms with van der Waals surface area (Å²) in [7, 11) is -4.08. The lowest BCUT2D eigenvalue weighted by molar-refractivity contribution is 0.0696. The fraction of sp³-hybridized carbons (Fsp3) is 0.167. The van der Waals surface area contributed by atoms with E-state index in [9.17, 15) is 27.1 Å². The summed E-state index contributed by atoms with van der Waals surface area (Å²) in [6.45, 7) is 1.96. The molecule has 0 saturated carbocycles. The summed E-state index contributed by atoms with van der Waals surface area (Å²) in [5, 5.41) is 9.47. The van der Waals surface area contributed by atoms with E-state index in [1.165, 1.54) is 52.8 Å². The van der Waals surface area contributed by atoms with E-state index in [0.717, 1.165) is 17.2 Å². The maximum absolute atomic E-state index is 13.6. The van der Waals surface area contributed by atoms with Crippen molar-refractivity contribution in [2.24, 2.45) is 0 Å². The molecule has 4 aromatic rings. The molecule has 4 rings (SSSR count). The first kappa shape index (κ1) is 27.9. The van der Waals surface area contributed by atoms with Crippen molar-refractivity contribution in [2.45, 2.75) is 31.4 Å². The first-order valence-corrected chi connectivity index (χ1v) is 13.6. The molecule has 9 heteroatoms. The zero-order valence-electron chi connectivity index (χ0n) is 21.2. The van der Waals surface area contributed by atoms with Crippen LogP contribution in [0.4, 0.5) is 8.78 Å². The fourth-order valence-corrected chi connectivity index (χ4v) is 5.43. The van der Waals surface area contributed by atoms with Gasteiger partial charge in [-0.3, -0.25) is 0 Å². The van der Waals surface area contributed by atoms with Gasteiger partial charge in [-0.15, -0.1) is 0 Å². The van der Waals surface area contributed by atoms with Gasteiger partial charge < -0.3 is 9.84 Å². The Hall–Kier alpha value is -4.08. The predicted octanol–water partition coefficient (Wildman–Crippen LogP) is 5.98. The molecular formula is C30H27F2NO5S. The van der Waals surface area contributed by atoms with E-state index in [2.05, 4.69) is 0 Å². The zero-order chi connectivity index (χ0) is 28.0. The van der Waals surface area contributed by atoms with Crippen LogP contribution in [-0.4, -0.2) is 30.3 Å². The quantitative estimate of drug-likeness (QED) is 0.248. The third-order valence-electron chi connectivity index (χ3n) is 6.24. The Morgan fingerprint density at radius 1 is 0.821 bits per heavy atom. The lowest BCUT2D eigenvalue weighted by Crippen LogP contribution is -2.32. The highest BCUT2D eigenvalue weighted by molar-refractivity contribution is 7.89. The largest absolute Gasteiger partial charge is 0.489 e. The Morgan fingerprint density at radius 2 is 1.38 bits per heavy atom. The summed E-state index contributed by atoms with van der Waals surface area (Å²) in [6, 6.07) is 22.8. The molecule has 0 aliphatic carbocycles. The van der Waals surface area contributed by atoms with Crippen molar-refractivity contribution in [3.05, 3.63) is 130 Å². The first-order valence-electron chi connectivity index (χ1n) is 12.2. The van der Waals surface area contributed by atoms with E-state index < -0.39 is 21.8 Å². The molecule has 6 nitrogen and oxygen atoms in total. The Kier molecular flexibility index (Phi) is 8.73. The minimum Gasteiger partial charge on any atom is -0.489 e. The van der Waals surface area contributed by atoms with Crippen molar-refractivity contribution in [3.8, 4) is 5.75 Å². The van der Waals surface area contributed by atoms with Crippen LogP contribution in [0.5, 0.6) is 5.75 Å². The third-order valence-corrected chi connectivity index (χ3v) is 8.08. The van der Waals surface area contributed by atoms with Crippen LogP contribution in [0.15, 0.2) is 95.9 Å². The molecule has 0 bridgehead atoms. The molecule has 0 radical (unpaired) electrons. The molecule has 0 aromatic heterocycles. The van der Waals surface area contributed by atoms with Crippen LogP contribution in [0.2, 0.25) is 0 Å². The van der Waals surface area contributed by atoms with Gasteiger partial charge in [-0.05, 0) is 84.1 Å². The number of carbonyl (C=O) groups is 1. The molecule has 39 heavy (non-hydrogen) atoms. The summed E-state index contributed by atoms with van der Waals surface area (Å²) in [5.74, 6) is -1.35. The number of hydrogen-bond acceptors (Lipinski definition) is 4. The third kappa shape index (κ3) is 7.28. The minimum absolute atomic E-state index is 0.0161. The van der Waals surface area contributed by atoms with Crippen LogP contribution in [0.1, 0.15) is 32.6 Å². The van der Waals surface area contributed by atoms with Crippen molar-refractivity contribution < 1.29 is 31.8 Å². The molecule has 0 aliphatic rings. The maximum Gasteiger partial charge on any atom is 0.335 e. The fourth-order valence-electron chi connectivity index (χ4n) is 3.97. The van der Waals surface area contributed by atoms with E-state index in [0.29, 0.717) is 23.3 Å². The Morgan fingerprint density at radius 3 is 1.97 bits per heavy atom. The minimum atomic E-state index is -4.08. The number of nitrogens with zero attached hydrogens (tertiary/aromatic N) is 1. The molecule has 0 aliphatic heterocycles. The van der Waals surface area contributed by atoms with Crippen molar-refractivity contribution >= 4 is 16.0 Å². The second kappa shape index (κ2) is 12.2. The van der Waals surface area contributed by atoms with Crippen LogP contribution in [-0.2, 0) is 29.6 Å². The number of carboxylic acid groups (broad SMARTS) is 1. The van der Waals surface area contributed by atoms with Crippen LogP contribution >= 0.6 is 0 Å². The van der Waals surface area contributed by atoms with Crippen molar-refractivity contribution in [3.63, 3.8) is 0 Å². The second-order valence-corrected chi connectivity index (χ2v) is 11.0. The topological polar surface area (TPSA) is 83.9 Å². The van der Waals surface area contributed by atoms with Crippen LogP contribution in [0.25, 0.3) is 0 Å². The molecule has 4 aromatic carbocycles. The normalized spacial score (nSPS) is 11.5. The summed E-state index contributed by atoms with van der Waals surface area (Å²) in [6.07, 6.45) is 0.371. The van der Waals surface area contributed by atoms with Gasteiger partial charge in [-0.1, -0.05) is 42.5 Å².